The van der Waals surface area contributed by atoms with Crippen LogP contribution >= 0.6 is 127 Å². The molecule has 2 aliphatic heterocycles. The van der Waals surface area contributed by atoms with E-state index < -0.39 is 0 Å². The van der Waals surface area contributed by atoms with Gasteiger partial charge in [-0.05, 0) is 95.1 Å². The first-order valence-corrected chi connectivity index (χ1v) is 24.1. The Morgan fingerprint density at radius 2 is 0.508 bits per heavy atom. The second kappa shape index (κ2) is 17.6. The monoisotopic (exact) mass is 1330 g/mol. The van der Waals surface area contributed by atoms with E-state index >= 15 is 0 Å². The minimum absolute atomic E-state index is 0. The van der Waals surface area contributed by atoms with Gasteiger partial charge in [-0.2, -0.15) is 9.13 Å². The molecule has 3 aromatic heterocycles. The zero-order valence-corrected chi connectivity index (χ0v) is 46.7. The first kappa shape index (κ1) is 43.6. The van der Waals surface area contributed by atoms with Crippen LogP contribution in [-0.4, -0.2) is 0 Å². The molecule has 0 saturated heterocycles. The van der Waals surface area contributed by atoms with Gasteiger partial charge in [0.1, 0.15) is 14.1 Å². The Balaban J connectivity index is 0.00000484. The van der Waals surface area contributed by atoms with Crippen LogP contribution in [0.3, 0.4) is 0 Å². The summed E-state index contributed by atoms with van der Waals surface area (Å²) < 4.78 is 12.2. The van der Waals surface area contributed by atoms with Crippen molar-refractivity contribution in [3.8, 4) is 44.5 Å². The van der Waals surface area contributed by atoms with Gasteiger partial charge in [-0.3, -0.25) is 0 Å². The van der Waals surface area contributed by atoms with E-state index in [1.807, 2.05) is 0 Å². The van der Waals surface area contributed by atoms with E-state index in [-0.39, 0.29) is 19.5 Å². The van der Waals surface area contributed by atoms with Gasteiger partial charge >= 0.3 is 19.5 Å². The van der Waals surface area contributed by atoms with Crippen molar-refractivity contribution in [3.63, 3.8) is 0 Å². The van der Waals surface area contributed by atoms with Crippen molar-refractivity contribution in [2.45, 2.75) is 0 Å². The molecule has 0 N–H and O–H groups in total. The van der Waals surface area contributed by atoms with Crippen molar-refractivity contribution >= 4 is 174 Å². The number of benzene rings is 4. The molecule has 0 spiro atoms. The summed E-state index contributed by atoms with van der Waals surface area (Å²) in [6, 6.07) is 34.0. The summed E-state index contributed by atoms with van der Waals surface area (Å²) in [4.78, 5) is 11.0. The molecular formula is C46H26Br8N4Zn+2. The van der Waals surface area contributed by atoms with Gasteiger partial charge < -0.3 is 9.97 Å². The number of hydrogen-bond acceptors (Lipinski definition) is 0. The number of nitrogens with zero attached hydrogens (tertiary/aromatic N) is 4. The SMILES string of the molecule is C[n+]1c2c(-c3cc(Br)cc(Br)c3)c3ccc([n-]3)c(-c3cc(Br)cc(Br)c3)c3[n+](C)c(c(-c4cc(Br)cc(Br)c4)c4ccc([n-]4)c(-c4cc(Br)cc(Br)c4)c1C=C2)C=C3.[Zn+2]. The van der Waals surface area contributed by atoms with E-state index in [9.17, 15) is 0 Å². The van der Waals surface area contributed by atoms with Gasteiger partial charge in [0.2, 0.25) is 22.8 Å². The summed E-state index contributed by atoms with van der Waals surface area (Å²) in [5.74, 6) is 0. The Morgan fingerprint density at radius 1 is 0.322 bits per heavy atom. The van der Waals surface area contributed by atoms with Gasteiger partial charge in [0.25, 0.3) is 0 Å². The summed E-state index contributed by atoms with van der Waals surface area (Å²) in [5.41, 5.74) is 15.5. The standard InChI is InChI=1S/C46H26Br8N4.Zn/c1-57-39-7-8-40(57)44(24-13-29(49)20-30(50)14-24)36-4-6-38(56-36)46(26-17-33(53)22-34(54)18-26)42-10-9-41(58(42)2)45(25-15-31(51)21-32(52)16-25)37-5-3-35(55-37)43(39)23-11-27(47)19-28(48)12-23;/h3-22H,1-2H3;/q;+2. The van der Waals surface area contributed by atoms with Crippen LogP contribution in [0.2, 0.25) is 0 Å². The Morgan fingerprint density at radius 3 is 0.695 bits per heavy atom. The molecule has 2 aliphatic rings. The van der Waals surface area contributed by atoms with Crippen LogP contribution in [0, 0.1) is 0 Å². The zero-order valence-electron chi connectivity index (χ0n) is 31.1. The fourth-order valence-corrected chi connectivity index (χ4v) is 13.0. The summed E-state index contributed by atoms with van der Waals surface area (Å²) in [7, 11) is 4.25. The average molecular weight is 1340 g/mol. The van der Waals surface area contributed by atoms with Gasteiger partial charge in [-0.1, -0.05) is 152 Å². The quantitative estimate of drug-likeness (QED) is 0.130. The van der Waals surface area contributed by atoms with E-state index in [0.29, 0.717) is 0 Å². The normalized spacial score (nSPS) is 12.0. The maximum atomic E-state index is 5.52. The maximum Gasteiger partial charge on any atom is 2.00 e. The van der Waals surface area contributed by atoms with Crippen LogP contribution in [0.5, 0.6) is 0 Å². The Hall–Kier alpha value is -2.06. The van der Waals surface area contributed by atoms with Gasteiger partial charge in [0.05, 0.1) is 0 Å². The molecule has 9 rings (SSSR count). The largest absolute Gasteiger partial charge is 2.00 e. The zero-order chi connectivity index (χ0) is 40.6. The average Bonchev–Trinajstić information content (AvgIpc) is 3.95. The Kier molecular flexibility index (Phi) is 13.0. The molecule has 0 aliphatic carbocycles. The van der Waals surface area contributed by atoms with Crippen molar-refractivity contribution in [2.75, 3.05) is 0 Å². The molecule has 0 fully saturated rings. The van der Waals surface area contributed by atoms with Gasteiger partial charge in [-0.15, -0.1) is 22.1 Å². The molecule has 0 unspecified atom stereocenters. The third-order valence-electron chi connectivity index (χ3n) is 10.2. The summed E-state index contributed by atoms with van der Waals surface area (Å²) in [6.07, 6.45) is 8.77. The first-order chi connectivity index (χ1) is 27.8. The molecule has 8 bridgehead atoms. The molecular weight excluding hydrogens is 1310 g/mol. The van der Waals surface area contributed by atoms with Crippen molar-refractivity contribution < 1.29 is 28.6 Å². The Labute approximate surface area is 421 Å². The number of hydrogen-bond donors (Lipinski definition) is 0. The number of aromatic nitrogens is 4. The third kappa shape index (κ3) is 8.56. The fourth-order valence-electron chi connectivity index (χ4n) is 7.81. The first-order valence-electron chi connectivity index (χ1n) is 17.8. The summed E-state index contributed by atoms with van der Waals surface area (Å²) in [5, 5.41) is 0. The van der Waals surface area contributed by atoms with Crippen molar-refractivity contribution in [2.24, 2.45) is 14.1 Å². The van der Waals surface area contributed by atoms with Crippen molar-refractivity contribution in [1.82, 2.24) is 9.97 Å². The predicted octanol–water partition coefficient (Wildman–Crippen LogP) is 15.5. The molecule has 4 nitrogen and oxygen atoms in total. The van der Waals surface area contributed by atoms with E-state index in [1.54, 1.807) is 0 Å². The van der Waals surface area contributed by atoms with Crippen LogP contribution in [0.25, 0.3) is 90.9 Å². The Bertz CT molecular complexity index is 2660. The van der Waals surface area contributed by atoms with Crippen LogP contribution < -0.4 is 19.1 Å². The summed E-state index contributed by atoms with van der Waals surface area (Å²) in [6.45, 7) is 0. The van der Waals surface area contributed by atoms with Crippen molar-refractivity contribution in [3.05, 3.63) is 156 Å². The topological polar surface area (TPSA) is 36.0 Å². The maximum absolute atomic E-state index is 5.52. The van der Waals surface area contributed by atoms with Gasteiger partial charge in [0.15, 0.2) is 0 Å². The molecule has 286 valence electrons. The minimum Gasteiger partial charge on any atom is -0.656 e. The van der Waals surface area contributed by atoms with Gasteiger partial charge in [-0.25, -0.2) is 0 Å². The number of rotatable bonds is 4. The van der Waals surface area contributed by atoms with E-state index in [0.717, 1.165) is 125 Å². The smallest absolute Gasteiger partial charge is 0.656 e. The van der Waals surface area contributed by atoms with Crippen LogP contribution in [0.1, 0.15) is 22.8 Å². The number of halogens is 8. The molecule has 13 heteroatoms. The molecule has 59 heavy (non-hydrogen) atoms. The van der Waals surface area contributed by atoms with E-state index in [4.69, 9.17) is 9.97 Å². The second-order valence-electron chi connectivity index (χ2n) is 13.9. The molecule has 0 radical (unpaired) electrons. The van der Waals surface area contributed by atoms with Gasteiger partial charge in [0, 0.05) is 82.3 Å². The molecule has 0 amide bonds. The summed E-state index contributed by atoms with van der Waals surface area (Å²) >= 11 is 30.2. The molecule has 7 aromatic rings. The van der Waals surface area contributed by atoms with E-state index in [2.05, 4.69) is 272 Å². The molecule has 0 saturated carbocycles. The van der Waals surface area contributed by atoms with E-state index in [1.165, 1.54) is 0 Å². The van der Waals surface area contributed by atoms with Crippen molar-refractivity contribution in [1.29, 1.82) is 0 Å². The predicted molar refractivity (Wildman–Crippen MR) is 267 cm³/mol. The minimum atomic E-state index is 0. The molecule has 4 aromatic carbocycles. The van der Waals surface area contributed by atoms with Crippen LogP contribution in [0.4, 0.5) is 0 Å². The third-order valence-corrected chi connectivity index (χ3v) is 13.8. The number of fused-ring (bicyclic) bond motifs is 8. The van der Waals surface area contributed by atoms with Crippen LogP contribution in [0.15, 0.2) is 133 Å². The fraction of sp³-hybridized carbons (Fsp3) is 0.0435. The molecule has 5 heterocycles. The second-order valence-corrected chi connectivity index (χ2v) is 21.2. The van der Waals surface area contributed by atoms with Crippen LogP contribution in [-0.2, 0) is 33.6 Å². The molecule has 0 atom stereocenters.